The molecule has 0 aliphatic carbocycles. The average molecular weight is 304 g/mol. The number of anilines is 2. The second-order valence-corrected chi connectivity index (χ2v) is 4.71. The summed E-state index contributed by atoms with van der Waals surface area (Å²) in [5.74, 6) is -1.56. The zero-order valence-electron chi connectivity index (χ0n) is 10.4. The smallest absolute Gasteiger partial charge is 0.262 e. The monoisotopic (exact) mass is 304 g/mol. The topological polar surface area (TPSA) is 40.6 Å². The number of benzene rings is 2. The molecule has 0 spiro atoms. The zero-order chi connectivity index (χ0) is 14.5. The van der Waals surface area contributed by atoms with Crippen LogP contribution in [0, 0.1) is 0 Å². The highest BCUT2D eigenvalue weighted by Gasteiger charge is 2.26. The maximum absolute atomic E-state index is 12.1. The lowest BCUT2D eigenvalue weighted by atomic mass is 10.3. The van der Waals surface area contributed by atoms with Crippen LogP contribution in [0.2, 0.25) is 0 Å². The first kappa shape index (κ1) is 14.5. The first-order chi connectivity index (χ1) is 9.61. The molecule has 0 radical (unpaired) electrons. The van der Waals surface area contributed by atoms with E-state index in [0.29, 0.717) is 11.4 Å². The first-order valence-electron chi connectivity index (χ1n) is 5.77. The molecule has 0 fully saturated rings. The number of para-hydroxylation sites is 2. The highest BCUT2D eigenvalue weighted by atomic mass is 32.1. The Morgan fingerprint density at radius 2 is 0.950 bits per heavy atom. The predicted octanol–water partition coefficient (Wildman–Crippen LogP) is 2.74. The fourth-order valence-electron chi connectivity index (χ4n) is 1.55. The summed E-state index contributed by atoms with van der Waals surface area (Å²) in [6.45, 7) is 0. The largest absolute Gasteiger partial charge is 0.327 e. The Balaban J connectivity index is 2.15. The van der Waals surface area contributed by atoms with Crippen molar-refractivity contribution < 1.29 is 9.59 Å². The minimum atomic E-state index is -0.779. The van der Waals surface area contributed by atoms with Crippen molar-refractivity contribution in [1.82, 2.24) is 0 Å². The average Bonchev–Trinajstić information content (AvgIpc) is 2.53. The van der Waals surface area contributed by atoms with E-state index in [1.165, 1.54) is 0 Å². The third-order valence-electron chi connectivity index (χ3n) is 2.57. The Labute approximate surface area is 128 Å². The lowest BCUT2D eigenvalue weighted by molar-refractivity contribution is -0.134. The fraction of sp³-hybridized carbons (Fsp3) is 0. The van der Waals surface area contributed by atoms with Crippen LogP contribution in [0.25, 0.3) is 0 Å². The van der Waals surface area contributed by atoms with Gasteiger partial charge >= 0.3 is 11.8 Å². The van der Waals surface area contributed by atoms with E-state index in [0.717, 1.165) is 8.61 Å². The van der Waals surface area contributed by atoms with Gasteiger partial charge in [0.15, 0.2) is 0 Å². The number of amides is 2. The molecule has 0 N–H and O–H groups in total. The van der Waals surface area contributed by atoms with Crippen LogP contribution < -0.4 is 8.61 Å². The van der Waals surface area contributed by atoms with Gasteiger partial charge in [-0.05, 0) is 24.3 Å². The van der Waals surface area contributed by atoms with Crippen molar-refractivity contribution in [1.29, 1.82) is 0 Å². The van der Waals surface area contributed by atoms with Crippen molar-refractivity contribution in [3.63, 3.8) is 0 Å². The molecule has 2 amide bonds. The fourth-order valence-corrected chi connectivity index (χ4v) is 1.99. The molecule has 0 atom stereocenters. The Morgan fingerprint density at radius 1 is 0.650 bits per heavy atom. The molecule has 0 aliphatic heterocycles. The van der Waals surface area contributed by atoms with Crippen LogP contribution >= 0.6 is 25.6 Å². The Morgan fingerprint density at radius 3 is 1.25 bits per heavy atom. The molecular formula is C14H12N2O2S2. The molecule has 2 rings (SSSR count). The van der Waals surface area contributed by atoms with Crippen molar-refractivity contribution in [2.45, 2.75) is 0 Å². The van der Waals surface area contributed by atoms with Crippen LogP contribution in [-0.2, 0) is 9.59 Å². The minimum absolute atomic E-state index is 0.518. The third kappa shape index (κ3) is 3.15. The van der Waals surface area contributed by atoms with Crippen LogP contribution in [0.15, 0.2) is 60.7 Å². The molecule has 2 aromatic rings. The van der Waals surface area contributed by atoms with Crippen LogP contribution in [0.1, 0.15) is 0 Å². The van der Waals surface area contributed by atoms with Gasteiger partial charge in [-0.2, -0.15) is 0 Å². The molecule has 20 heavy (non-hydrogen) atoms. The SMILES string of the molecule is O=C(C(=O)N(S)c1ccccc1)N(S)c1ccccc1. The molecule has 6 heteroatoms. The molecule has 0 saturated heterocycles. The van der Waals surface area contributed by atoms with E-state index in [-0.39, 0.29) is 0 Å². The van der Waals surface area contributed by atoms with E-state index >= 15 is 0 Å². The molecule has 0 heterocycles. The summed E-state index contributed by atoms with van der Waals surface area (Å²) < 4.78 is 1.99. The minimum Gasteiger partial charge on any atom is -0.262 e. The van der Waals surface area contributed by atoms with E-state index in [1.807, 2.05) is 12.1 Å². The quantitative estimate of drug-likeness (QED) is 0.661. The summed E-state index contributed by atoms with van der Waals surface area (Å²) in [7, 11) is 0. The number of hydrogen-bond acceptors (Lipinski definition) is 4. The second kappa shape index (κ2) is 6.49. The molecule has 0 aromatic heterocycles. The van der Waals surface area contributed by atoms with E-state index in [9.17, 15) is 9.59 Å². The predicted molar refractivity (Wildman–Crippen MR) is 85.8 cm³/mol. The van der Waals surface area contributed by atoms with Gasteiger partial charge in [0.2, 0.25) is 0 Å². The van der Waals surface area contributed by atoms with Crippen LogP contribution in [0.3, 0.4) is 0 Å². The number of thiol groups is 2. The van der Waals surface area contributed by atoms with Crippen molar-refractivity contribution >= 4 is 48.8 Å². The van der Waals surface area contributed by atoms with Gasteiger partial charge < -0.3 is 0 Å². The number of rotatable bonds is 2. The normalized spacial score (nSPS) is 9.90. The van der Waals surface area contributed by atoms with Crippen molar-refractivity contribution in [3.8, 4) is 0 Å². The lowest BCUT2D eigenvalue weighted by Gasteiger charge is -2.19. The summed E-state index contributed by atoms with van der Waals surface area (Å²) in [6, 6.07) is 17.4. The maximum Gasteiger partial charge on any atom is 0.327 e. The molecule has 2 aromatic carbocycles. The van der Waals surface area contributed by atoms with E-state index in [4.69, 9.17) is 0 Å². The summed E-state index contributed by atoms with van der Waals surface area (Å²) in [6.07, 6.45) is 0. The van der Waals surface area contributed by atoms with Gasteiger partial charge in [0.25, 0.3) is 0 Å². The number of carbonyl (C=O) groups is 2. The summed E-state index contributed by atoms with van der Waals surface area (Å²) in [4.78, 5) is 24.1. The molecule has 0 saturated carbocycles. The first-order valence-corrected chi connectivity index (χ1v) is 6.57. The summed E-state index contributed by atoms with van der Waals surface area (Å²) in [5.41, 5.74) is 1.04. The number of carbonyl (C=O) groups excluding carboxylic acids is 2. The molecule has 4 nitrogen and oxygen atoms in total. The molecule has 0 aliphatic rings. The highest BCUT2D eigenvalue weighted by molar-refractivity contribution is 7.83. The Hall–Kier alpha value is -1.92. The van der Waals surface area contributed by atoms with Gasteiger partial charge in [0.05, 0.1) is 11.4 Å². The standard InChI is InChI=1S/C14H12N2O2S2/c17-13(15(19)11-7-3-1-4-8-11)14(18)16(20)12-9-5-2-6-10-12/h1-10,19-20H. The van der Waals surface area contributed by atoms with Gasteiger partial charge in [-0.15, -0.1) is 0 Å². The lowest BCUT2D eigenvalue weighted by Crippen LogP contribution is -2.37. The number of hydrogen-bond donors (Lipinski definition) is 2. The maximum atomic E-state index is 12.1. The van der Waals surface area contributed by atoms with E-state index in [1.54, 1.807) is 48.5 Å². The number of nitrogens with zero attached hydrogens (tertiary/aromatic N) is 2. The van der Waals surface area contributed by atoms with E-state index in [2.05, 4.69) is 25.6 Å². The van der Waals surface area contributed by atoms with Crippen LogP contribution in [0.5, 0.6) is 0 Å². The van der Waals surface area contributed by atoms with Gasteiger partial charge in [-0.25, -0.2) is 8.61 Å². The van der Waals surface area contributed by atoms with Gasteiger partial charge in [0.1, 0.15) is 0 Å². The Kier molecular flexibility index (Phi) is 4.70. The Bertz CT molecular complexity index is 550. The van der Waals surface area contributed by atoms with E-state index < -0.39 is 11.8 Å². The summed E-state index contributed by atoms with van der Waals surface area (Å²) in [5, 5.41) is 0. The van der Waals surface area contributed by atoms with Crippen molar-refractivity contribution in [2.24, 2.45) is 0 Å². The second-order valence-electron chi connectivity index (χ2n) is 3.91. The molecule has 102 valence electrons. The van der Waals surface area contributed by atoms with Gasteiger partial charge in [-0.1, -0.05) is 62.0 Å². The van der Waals surface area contributed by atoms with Crippen molar-refractivity contribution in [2.75, 3.05) is 8.61 Å². The third-order valence-corrected chi connectivity index (χ3v) is 3.39. The van der Waals surface area contributed by atoms with Crippen LogP contribution in [-0.4, -0.2) is 11.8 Å². The summed E-state index contributed by atoms with van der Waals surface area (Å²) >= 11 is 8.13. The molecular weight excluding hydrogens is 292 g/mol. The van der Waals surface area contributed by atoms with Gasteiger partial charge in [0, 0.05) is 0 Å². The highest BCUT2D eigenvalue weighted by Crippen LogP contribution is 2.20. The van der Waals surface area contributed by atoms with Crippen molar-refractivity contribution in [3.05, 3.63) is 60.7 Å². The molecule has 0 bridgehead atoms. The molecule has 0 unspecified atom stereocenters. The van der Waals surface area contributed by atoms with Crippen LogP contribution in [0.4, 0.5) is 11.4 Å². The zero-order valence-corrected chi connectivity index (χ0v) is 12.2. The van der Waals surface area contributed by atoms with Gasteiger partial charge in [-0.3, -0.25) is 9.59 Å².